The van der Waals surface area contributed by atoms with E-state index >= 15 is 0 Å². The van der Waals surface area contributed by atoms with Crippen molar-refractivity contribution in [1.29, 1.82) is 0 Å². The third-order valence-electron chi connectivity index (χ3n) is 5.48. The van der Waals surface area contributed by atoms with Crippen molar-refractivity contribution in [2.24, 2.45) is 5.92 Å². The van der Waals surface area contributed by atoms with E-state index in [-0.39, 0.29) is 12.2 Å². The minimum atomic E-state index is -0.544. The van der Waals surface area contributed by atoms with Gasteiger partial charge in [0.1, 0.15) is 10.8 Å². The quantitative estimate of drug-likeness (QED) is 0.552. The summed E-state index contributed by atoms with van der Waals surface area (Å²) >= 11 is 1.39. The number of ketones is 1. The van der Waals surface area contributed by atoms with E-state index in [9.17, 15) is 9.59 Å². The molecule has 3 heterocycles. The molecule has 32 heavy (non-hydrogen) atoms. The summed E-state index contributed by atoms with van der Waals surface area (Å²) < 4.78 is 4.58. The van der Waals surface area contributed by atoms with Crippen LogP contribution < -0.4 is 5.32 Å². The standard InChI is InChI=1S/C22H24N6O3S/c1-31-22(30)24-21-28-27-20(32-21)15-6-5-14(10-15)11-17-7-8-18(26-25-17)13-19(29)12-16-4-2-3-9-23-16/h2-4,7-9,14-15H,5-6,10-13H2,1H3,(H,24,28,30)/t14-,15+/m1/s1. The predicted molar refractivity (Wildman–Crippen MR) is 118 cm³/mol. The minimum absolute atomic E-state index is 0.0718. The number of nitrogens with zero attached hydrogens (tertiary/aromatic N) is 5. The Labute approximate surface area is 189 Å². The van der Waals surface area contributed by atoms with Crippen molar-refractivity contribution in [3.8, 4) is 0 Å². The molecule has 1 fully saturated rings. The molecule has 0 aliphatic heterocycles. The highest BCUT2D eigenvalue weighted by Gasteiger charge is 2.29. The number of carbonyl (C=O) groups is 2. The smallest absolute Gasteiger partial charge is 0.413 e. The second-order valence-corrected chi connectivity index (χ2v) is 8.88. The fourth-order valence-corrected chi connectivity index (χ4v) is 4.81. The van der Waals surface area contributed by atoms with Crippen LogP contribution in [0.4, 0.5) is 9.93 Å². The highest BCUT2D eigenvalue weighted by atomic mass is 32.1. The van der Waals surface area contributed by atoms with E-state index < -0.39 is 6.09 Å². The summed E-state index contributed by atoms with van der Waals surface area (Å²) in [7, 11) is 1.31. The Morgan fingerprint density at radius 2 is 1.84 bits per heavy atom. The molecule has 0 unspecified atom stereocenters. The van der Waals surface area contributed by atoms with E-state index in [1.54, 1.807) is 6.20 Å². The van der Waals surface area contributed by atoms with Crippen LogP contribution in [0.3, 0.4) is 0 Å². The summed E-state index contributed by atoms with van der Waals surface area (Å²) in [6, 6.07) is 9.41. The van der Waals surface area contributed by atoms with Gasteiger partial charge in [0.2, 0.25) is 5.13 Å². The summed E-state index contributed by atoms with van der Waals surface area (Å²) in [5.41, 5.74) is 2.38. The van der Waals surface area contributed by atoms with Gasteiger partial charge >= 0.3 is 6.09 Å². The van der Waals surface area contributed by atoms with E-state index in [0.717, 1.165) is 42.1 Å². The SMILES string of the molecule is COC(=O)Nc1nnc([C@H]2CC[C@@H](Cc3ccc(CC(=O)Cc4ccccn4)nn3)C2)s1. The van der Waals surface area contributed by atoms with Gasteiger partial charge in [0.05, 0.1) is 24.9 Å². The first-order valence-electron chi connectivity index (χ1n) is 10.5. The molecule has 3 aromatic heterocycles. The van der Waals surface area contributed by atoms with E-state index in [4.69, 9.17) is 0 Å². The van der Waals surface area contributed by atoms with Crippen LogP contribution in [0.25, 0.3) is 0 Å². The van der Waals surface area contributed by atoms with Crippen molar-refractivity contribution >= 4 is 28.3 Å². The van der Waals surface area contributed by atoms with Gasteiger partial charge in [0.25, 0.3) is 0 Å². The molecule has 0 spiro atoms. The molecule has 2 atom stereocenters. The number of Topliss-reactive ketones (excluding diaryl/α,β-unsaturated/α-hetero) is 1. The topological polar surface area (TPSA) is 120 Å². The highest BCUT2D eigenvalue weighted by Crippen LogP contribution is 2.41. The average molecular weight is 453 g/mol. The van der Waals surface area contributed by atoms with Gasteiger partial charge in [-0.05, 0) is 55.9 Å². The van der Waals surface area contributed by atoms with Crippen molar-refractivity contribution < 1.29 is 14.3 Å². The number of pyridine rings is 1. The van der Waals surface area contributed by atoms with Gasteiger partial charge in [0.15, 0.2) is 0 Å². The number of hydrogen-bond donors (Lipinski definition) is 1. The fourth-order valence-electron chi connectivity index (χ4n) is 3.93. The zero-order valence-corrected chi connectivity index (χ0v) is 18.5. The number of aromatic nitrogens is 5. The van der Waals surface area contributed by atoms with Crippen LogP contribution in [-0.2, 0) is 28.8 Å². The molecule has 1 amide bonds. The van der Waals surface area contributed by atoms with Crippen LogP contribution in [0.5, 0.6) is 0 Å². The number of amides is 1. The first-order chi connectivity index (χ1) is 15.6. The molecule has 1 aliphatic rings. The Bertz CT molecular complexity index is 1060. The maximum absolute atomic E-state index is 12.2. The third-order valence-corrected chi connectivity index (χ3v) is 6.48. The molecule has 0 aromatic carbocycles. The second kappa shape index (κ2) is 10.4. The molecule has 4 rings (SSSR count). The Morgan fingerprint density at radius 1 is 1.03 bits per heavy atom. The van der Waals surface area contributed by atoms with E-state index in [0.29, 0.717) is 29.1 Å². The van der Waals surface area contributed by atoms with Crippen molar-refractivity contribution in [3.05, 3.63) is 58.6 Å². The molecule has 3 aromatic rings. The monoisotopic (exact) mass is 452 g/mol. The zero-order chi connectivity index (χ0) is 22.3. The van der Waals surface area contributed by atoms with Crippen LogP contribution in [-0.4, -0.2) is 44.4 Å². The maximum Gasteiger partial charge on any atom is 0.413 e. The normalized spacial score (nSPS) is 17.8. The number of ether oxygens (including phenoxy) is 1. The summed E-state index contributed by atoms with van der Waals surface area (Å²) in [5.74, 6) is 0.900. The molecule has 0 radical (unpaired) electrons. The summed E-state index contributed by atoms with van der Waals surface area (Å²) in [6.45, 7) is 0. The van der Waals surface area contributed by atoms with Crippen LogP contribution >= 0.6 is 11.3 Å². The molecule has 0 saturated heterocycles. The Balaban J connectivity index is 1.26. The number of anilines is 1. The molecule has 1 N–H and O–H groups in total. The molecule has 1 aliphatic carbocycles. The van der Waals surface area contributed by atoms with Crippen molar-refractivity contribution in [3.63, 3.8) is 0 Å². The highest BCUT2D eigenvalue weighted by molar-refractivity contribution is 7.15. The van der Waals surface area contributed by atoms with Crippen molar-refractivity contribution in [2.75, 3.05) is 12.4 Å². The molecule has 166 valence electrons. The average Bonchev–Trinajstić information content (AvgIpc) is 3.45. The number of rotatable bonds is 8. The van der Waals surface area contributed by atoms with Crippen LogP contribution in [0.2, 0.25) is 0 Å². The lowest BCUT2D eigenvalue weighted by Crippen LogP contribution is -2.10. The minimum Gasteiger partial charge on any atom is -0.453 e. The lowest BCUT2D eigenvalue weighted by atomic mass is 9.99. The van der Waals surface area contributed by atoms with Gasteiger partial charge in [-0.15, -0.1) is 10.2 Å². The first kappa shape index (κ1) is 21.9. The number of carbonyl (C=O) groups excluding carboxylic acids is 2. The Morgan fingerprint density at radius 3 is 2.59 bits per heavy atom. The lowest BCUT2D eigenvalue weighted by Gasteiger charge is -2.09. The van der Waals surface area contributed by atoms with Gasteiger partial charge in [-0.1, -0.05) is 17.4 Å². The van der Waals surface area contributed by atoms with Gasteiger partial charge < -0.3 is 4.74 Å². The number of nitrogens with one attached hydrogen (secondary N) is 1. The molecule has 1 saturated carbocycles. The molecule has 10 heteroatoms. The van der Waals surface area contributed by atoms with Gasteiger partial charge in [-0.25, -0.2) is 4.79 Å². The van der Waals surface area contributed by atoms with Gasteiger partial charge in [-0.3, -0.25) is 15.1 Å². The van der Waals surface area contributed by atoms with Crippen molar-refractivity contribution in [2.45, 2.75) is 44.4 Å². The molecule has 0 bridgehead atoms. The van der Waals surface area contributed by atoms with Crippen LogP contribution in [0.1, 0.15) is 47.3 Å². The Hall–Kier alpha value is -3.27. The number of hydrogen-bond acceptors (Lipinski definition) is 9. The maximum atomic E-state index is 12.2. The van der Waals surface area contributed by atoms with Crippen molar-refractivity contribution in [1.82, 2.24) is 25.4 Å². The number of methoxy groups -OCH3 is 1. The van der Waals surface area contributed by atoms with Crippen LogP contribution in [0.15, 0.2) is 36.5 Å². The van der Waals surface area contributed by atoms with Crippen LogP contribution in [0, 0.1) is 5.92 Å². The summed E-state index contributed by atoms with van der Waals surface area (Å²) in [4.78, 5) is 27.7. The van der Waals surface area contributed by atoms with E-state index in [1.165, 1.54) is 18.4 Å². The second-order valence-electron chi connectivity index (χ2n) is 7.87. The molecular weight excluding hydrogens is 428 g/mol. The molecule has 9 nitrogen and oxygen atoms in total. The Kier molecular flexibility index (Phi) is 7.10. The predicted octanol–water partition coefficient (Wildman–Crippen LogP) is 3.38. The first-order valence-corrected chi connectivity index (χ1v) is 11.3. The third kappa shape index (κ3) is 5.91. The van der Waals surface area contributed by atoms with Gasteiger partial charge in [-0.2, -0.15) is 10.2 Å². The fraction of sp³-hybridized carbons (Fsp3) is 0.409. The van der Waals surface area contributed by atoms with E-state index in [1.807, 2.05) is 30.3 Å². The van der Waals surface area contributed by atoms with E-state index in [2.05, 4.69) is 35.4 Å². The zero-order valence-electron chi connectivity index (χ0n) is 17.7. The lowest BCUT2D eigenvalue weighted by molar-refractivity contribution is -0.117. The molecular formula is C22H24N6O3S. The summed E-state index contributed by atoms with van der Waals surface area (Å²) in [5, 5.41) is 20.8. The largest absolute Gasteiger partial charge is 0.453 e. The van der Waals surface area contributed by atoms with Gasteiger partial charge in [0, 0.05) is 24.2 Å². The summed E-state index contributed by atoms with van der Waals surface area (Å²) in [6.07, 6.45) is 5.66.